The lowest BCUT2D eigenvalue weighted by Gasteiger charge is -2.32. The van der Waals surface area contributed by atoms with Crippen LogP contribution in [0.1, 0.15) is 32.9 Å². The molecule has 0 bridgehead atoms. The molecule has 162 valence electrons. The Labute approximate surface area is 189 Å². The average molecular weight is 485 g/mol. The van der Waals surface area contributed by atoms with E-state index < -0.39 is 0 Å². The maximum absolute atomic E-state index is 13.2. The number of rotatable bonds is 4. The van der Waals surface area contributed by atoms with Gasteiger partial charge in [0.05, 0.1) is 30.0 Å². The minimum absolute atomic E-state index is 0.0744. The molecule has 4 heterocycles. The van der Waals surface area contributed by atoms with E-state index in [2.05, 4.69) is 31.1 Å². The van der Waals surface area contributed by atoms with Crippen molar-refractivity contribution in [2.45, 2.75) is 13.3 Å². The van der Waals surface area contributed by atoms with Crippen molar-refractivity contribution in [3.63, 3.8) is 0 Å². The molecular weight excluding hydrogens is 460 g/mol. The lowest BCUT2D eigenvalue weighted by molar-refractivity contribution is -0.110. The maximum Gasteiger partial charge on any atom is 0.256 e. The van der Waals surface area contributed by atoms with E-state index in [0.29, 0.717) is 12.1 Å². The first-order valence-corrected chi connectivity index (χ1v) is 11.4. The molecule has 5 rings (SSSR count). The lowest BCUT2D eigenvalue weighted by Crippen LogP contribution is -2.45. The Kier molecular flexibility index (Phi) is 5.45. The normalized spacial score (nSPS) is 20.2. The van der Waals surface area contributed by atoms with Crippen LogP contribution in [0.2, 0.25) is 0 Å². The summed E-state index contributed by atoms with van der Waals surface area (Å²) >= 11 is 3.56. The number of H-pyrrole nitrogens is 1. The fourth-order valence-electron chi connectivity index (χ4n) is 4.60. The zero-order valence-electron chi connectivity index (χ0n) is 17.5. The van der Waals surface area contributed by atoms with E-state index in [0.717, 1.165) is 84.1 Å². The van der Waals surface area contributed by atoms with Crippen LogP contribution >= 0.6 is 15.9 Å². The number of halogens is 1. The van der Waals surface area contributed by atoms with E-state index >= 15 is 0 Å². The highest BCUT2D eigenvalue weighted by Gasteiger charge is 2.31. The van der Waals surface area contributed by atoms with Gasteiger partial charge in [0.25, 0.3) is 11.8 Å². The van der Waals surface area contributed by atoms with E-state index in [4.69, 9.17) is 4.74 Å². The van der Waals surface area contributed by atoms with Crippen LogP contribution in [0.3, 0.4) is 0 Å². The predicted octanol–water partition coefficient (Wildman–Crippen LogP) is 2.91. The molecule has 2 N–H and O–H groups in total. The van der Waals surface area contributed by atoms with Crippen molar-refractivity contribution < 1.29 is 14.3 Å². The molecule has 1 saturated heterocycles. The predicted molar refractivity (Wildman–Crippen MR) is 123 cm³/mol. The summed E-state index contributed by atoms with van der Waals surface area (Å²) < 4.78 is 6.28. The molecule has 1 aromatic heterocycles. The molecule has 3 aliphatic rings. The van der Waals surface area contributed by atoms with Crippen LogP contribution in [0, 0.1) is 6.92 Å². The molecule has 0 spiro atoms. The van der Waals surface area contributed by atoms with Crippen molar-refractivity contribution in [3.05, 3.63) is 50.8 Å². The van der Waals surface area contributed by atoms with Crippen LogP contribution in [0.4, 0.5) is 5.69 Å². The highest BCUT2D eigenvalue weighted by Crippen LogP contribution is 2.39. The minimum atomic E-state index is -0.132. The third kappa shape index (κ3) is 3.73. The average Bonchev–Trinajstić information content (AvgIpc) is 3.26. The fraction of sp³-hybridized carbons (Fsp3) is 0.391. The standard InChI is InChI=1S/C23H25BrN4O3/c1-14-19(13-15-21-16(24)3-2-4-17(21)26-22(15)29)25-18-5-6-28(23(30)20(14)18)8-7-27-9-11-31-12-10-27/h2-4,13,25H,5-12H2,1H3,(H,26,29). The van der Waals surface area contributed by atoms with E-state index in [1.165, 1.54) is 0 Å². The number of carbonyl (C=O) groups is 2. The topological polar surface area (TPSA) is 77.7 Å². The first-order valence-electron chi connectivity index (χ1n) is 10.7. The van der Waals surface area contributed by atoms with Gasteiger partial charge in [-0.1, -0.05) is 22.0 Å². The van der Waals surface area contributed by atoms with Gasteiger partial charge in [-0.15, -0.1) is 0 Å². The van der Waals surface area contributed by atoms with Crippen LogP contribution < -0.4 is 5.32 Å². The molecule has 1 fully saturated rings. The molecule has 0 aliphatic carbocycles. The number of morpholine rings is 1. The molecule has 1 aromatic carbocycles. The van der Waals surface area contributed by atoms with E-state index in [1.807, 2.05) is 36.1 Å². The summed E-state index contributed by atoms with van der Waals surface area (Å²) in [4.78, 5) is 33.5. The summed E-state index contributed by atoms with van der Waals surface area (Å²) in [6, 6.07) is 5.71. The Morgan fingerprint density at radius 3 is 2.74 bits per heavy atom. The van der Waals surface area contributed by atoms with Crippen molar-refractivity contribution in [2.75, 3.05) is 51.3 Å². The third-order valence-electron chi connectivity index (χ3n) is 6.35. The van der Waals surface area contributed by atoms with Crippen molar-refractivity contribution in [1.29, 1.82) is 0 Å². The second-order valence-electron chi connectivity index (χ2n) is 8.19. The fourth-order valence-corrected chi connectivity index (χ4v) is 5.17. The zero-order valence-corrected chi connectivity index (χ0v) is 19.0. The monoisotopic (exact) mass is 484 g/mol. The molecule has 2 aromatic rings. The smallest absolute Gasteiger partial charge is 0.256 e. The highest BCUT2D eigenvalue weighted by atomic mass is 79.9. The van der Waals surface area contributed by atoms with Gasteiger partial charge in [0.15, 0.2) is 0 Å². The molecule has 0 atom stereocenters. The number of aromatic nitrogens is 1. The molecule has 0 unspecified atom stereocenters. The quantitative estimate of drug-likeness (QED) is 0.654. The largest absolute Gasteiger partial charge is 0.379 e. The van der Waals surface area contributed by atoms with Crippen molar-refractivity contribution in [3.8, 4) is 0 Å². The number of nitrogens with one attached hydrogen (secondary N) is 2. The van der Waals surface area contributed by atoms with Gasteiger partial charge in [0, 0.05) is 60.6 Å². The number of amides is 2. The Morgan fingerprint density at radius 2 is 1.94 bits per heavy atom. The minimum Gasteiger partial charge on any atom is -0.379 e. The summed E-state index contributed by atoms with van der Waals surface area (Å²) in [6.07, 6.45) is 2.66. The first kappa shape index (κ1) is 20.5. The number of hydrogen-bond acceptors (Lipinski definition) is 4. The van der Waals surface area contributed by atoms with Crippen LogP contribution in [0.25, 0.3) is 11.6 Å². The van der Waals surface area contributed by atoms with Gasteiger partial charge in [0.1, 0.15) is 0 Å². The third-order valence-corrected chi connectivity index (χ3v) is 7.01. The Hall–Kier alpha value is -2.42. The lowest BCUT2D eigenvalue weighted by atomic mass is 10.0. The van der Waals surface area contributed by atoms with Crippen LogP contribution in [-0.2, 0) is 16.0 Å². The summed E-state index contributed by atoms with van der Waals surface area (Å²) in [5.41, 5.74) is 5.69. The number of anilines is 1. The molecule has 3 aliphatic heterocycles. The second kappa shape index (κ2) is 8.26. The molecule has 31 heavy (non-hydrogen) atoms. The summed E-state index contributed by atoms with van der Waals surface area (Å²) in [5.74, 6) is -0.0577. The van der Waals surface area contributed by atoms with E-state index in [9.17, 15) is 9.59 Å². The van der Waals surface area contributed by atoms with Crippen LogP contribution in [-0.4, -0.2) is 72.5 Å². The summed E-state index contributed by atoms with van der Waals surface area (Å²) in [5, 5.41) is 2.91. The summed E-state index contributed by atoms with van der Waals surface area (Å²) in [6.45, 7) is 7.64. The van der Waals surface area contributed by atoms with E-state index in [-0.39, 0.29) is 11.8 Å². The van der Waals surface area contributed by atoms with Crippen molar-refractivity contribution >= 4 is 45.1 Å². The van der Waals surface area contributed by atoms with Crippen LogP contribution in [0.15, 0.2) is 22.7 Å². The Balaban J connectivity index is 1.40. The number of hydrogen-bond donors (Lipinski definition) is 2. The number of carbonyl (C=O) groups excluding carboxylic acids is 2. The molecule has 2 amide bonds. The van der Waals surface area contributed by atoms with Crippen molar-refractivity contribution in [2.24, 2.45) is 0 Å². The highest BCUT2D eigenvalue weighted by molar-refractivity contribution is 9.10. The number of aromatic amines is 1. The molecule has 0 radical (unpaired) electrons. The molecule has 7 nitrogen and oxygen atoms in total. The van der Waals surface area contributed by atoms with Gasteiger partial charge in [-0.2, -0.15) is 0 Å². The number of fused-ring (bicyclic) bond motifs is 2. The van der Waals surface area contributed by atoms with Crippen molar-refractivity contribution in [1.82, 2.24) is 14.8 Å². The van der Waals surface area contributed by atoms with Gasteiger partial charge in [-0.05, 0) is 30.7 Å². The number of benzene rings is 1. The zero-order chi connectivity index (χ0) is 21.5. The van der Waals surface area contributed by atoms with E-state index in [1.54, 1.807) is 0 Å². The first-order chi connectivity index (χ1) is 15.0. The molecule has 8 heteroatoms. The molecule has 0 saturated carbocycles. The van der Waals surface area contributed by atoms with Gasteiger partial charge in [-0.25, -0.2) is 0 Å². The van der Waals surface area contributed by atoms with Gasteiger partial charge >= 0.3 is 0 Å². The van der Waals surface area contributed by atoms with Gasteiger partial charge in [0.2, 0.25) is 0 Å². The Morgan fingerprint density at radius 1 is 1.13 bits per heavy atom. The van der Waals surface area contributed by atoms with Crippen LogP contribution in [0.5, 0.6) is 0 Å². The van der Waals surface area contributed by atoms with Gasteiger partial charge < -0.3 is 19.9 Å². The number of ether oxygens (including phenoxy) is 1. The second-order valence-corrected chi connectivity index (χ2v) is 9.04. The van der Waals surface area contributed by atoms with Gasteiger partial charge in [-0.3, -0.25) is 14.5 Å². The summed E-state index contributed by atoms with van der Waals surface area (Å²) in [7, 11) is 0. The molecular formula is C23H25BrN4O3. The Bertz CT molecular complexity index is 1080. The number of nitrogens with zero attached hydrogens (tertiary/aromatic N) is 2. The SMILES string of the molecule is Cc1c(C=C2C(=O)Nc3cccc(Br)c32)[nH]c2c1C(=O)N(CCN1CCOCC1)CC2. The maximum atomic E-state index is 13.2.